The number of nitrogens with zero attached hydrogens (tertiary/aromatic N) is 3. The van der Waals surface area contributed by atoms with Crippen molar-refractivity contribution in [3.8, 4) is 0 Å². The Labute approximate surface area is 181 Å². The minimum absolute atomic E-state index is 0.102. The molecule has 11 heteroatoms. The average molecular weight is 448 g/mol. The molecule has 3 aromatic rings. The van der Waals surface area contributed by atoms with E-state index in [2.05, 4.69) is 20.6 Å². The van der Waals surface area contributed by atoms with Crippen LogP contribution < -0.4 is 10.6 Å². The number of ether oxygens (including phenoxy) is 1. The molecule has 9 nitrogen and oxygen atoms in total. The largest absolute Gasteiger partial charge is 0.462 e. The highest BCUT2D eigenvalue weighted by Gasteiger charge is 2.25. The normalized spacial score (nSPS) is 10.4. The average Bonchev–Trinajstić information content (AvgIpc) is 2.71. The van der Waals surface area contributed by atoms with Crippen molar-refractivity contribution in [3.63, 3.8) is 0 Å². The van der Waals surface area contributed by atoms with Gasteiger partial charge < -0.3 is 15.4 Å². The molecular weight excluding hydrogens is 433 g/mol. The van der Waals surface area contributed by atoms with Gasteiger partial charge in [0.2, 0.25) is 11.6 Å². The van der Waals surface area contributed by atoms with Gasteiger partial charge >= 0.3 is 11.7 Å². The lowest BCUT2D eigenvalue weighted by molar-refractivity contribution is -0.383. The highest BCUT2D eigenvalue weighted by molar-refractivity contribution is 6.35. The van der Waals surface area contributed by atoms with Crippen LogP contribution in [0.1, 0.15) is 17.3 Å². The van der Waals surface area contributed by atoms with Crippen LogP contribution in [0.5, 0.6) is 0 Å². The van der Waals surface area contributed by atoms with Gasteiger partial charge in [0.25, 0.3) is 0 Å². The van der Waals surface area contributed by atoms with E-state index in [1.807, 2.05) is 0 Å². The first kappa shape index (κ1) is 21.3. The van der Waals surface area contributed by atoms with Crippen LogP contribution in [0.25, 0.3) is 0 Å². The smallest absolute Gasteiger partial charge is 0.353 e. The SMILES string of the molecule is CCOC(=O)c1ccccc1Nc1ncnc(Nc2cc(Cl)ccc2Cl)c1[N+](=O)[O-]. The van der Waals surface area contributed by atoms with Crippen molar-refractivity contribution in [2.24, 2.45) is 0 Å². The molecule has 2 N–H and O–H groups in total. The number of anilines is 4. The van der Waals surface area contributed by atoms with Gasteiger partial charge in [-0.15, -0.1) is 0 Å². The van der Waals surface area contributed by atoms with E-state index in [0.717, 1.165) is 6.33 Å². The van der Waals surface area contributed by atoms with Crippen molar-refractivity contribution >= 4 is 57.9 Å². The monoisotopic (exact) mass is 447 g/mol. The van der Waals surface area contributed by atoms with Gasteiger partial charge in [-0.05, 0) is 37.3 Å². The summed E-state index contributed by atoms with van der Waals surface area (Å²) >= 11 is 12.1. The lowest BCUT2D eigenvalue weighted by Crippen LogP contribution is -2.10. The molecule has 0 amide bonds. The van der Waals surface area contributed by atoms with Crippen molar-refractivity contribution in [2.75, 3.05) is 17.2 Å². The van der Waals surface area contributed by atoms with E-state index in [4.69, 9.17) is 27.9 Å². The topological polar surface area (TPSA) is 119 Å². The minimum Gasteiger partial charge on any atom is -0.462 e. The summed E-state index contributed by atoms with van der Waals surface area (Å²) in [6.45, 7) is 1.87. The van der Waals surface area contributed by atoms with E-state index in [9.17, 15) is 14.9 Å². The van der Waals surface area contributed by atoms with Crippen LogP contribution in [-0.2, 0) is 4.74 Å². The van der Waals surface area contributed by atoms with Crippen LogP contribution in [0.4, 0.5) is 28.7 Å². The van der Waals surface area contributed by atoms with Gasteiger partial charge in [-0.2, -0.15) is 0 Å². The Bertz CT molecular complexity index is 1110. The number of carbonyl (C=O) groups excluding carboxylic acids is 1. The minimum atomic E-state index is -0.643. The number of para-hydroxylation sites is 1. The van der Waals surface area contributed by atoms with Crippen molar-refractivity contribution in [2.45, 2.75) is 6.92 Å². The molecule has 0 aliphatic rings. The number of nitrogens with one attached hydrogen (secondary N) is 2. The standard InChI is InChI=1S/C19H15Cl2N5O4/c1-2-30-19(27)12-5-3-4-6-14(12)24-17-16(26(28)29)18(23-10-22-17)25-15-9-11(20)7-8-13(15)21/h3-10H,2H2,1H3,(H2,22,23,24,25). The molecule has 0 radical (unpaired) electrons. The lowest BCUT2D eigenvalue weighted by Gasteiger charge is -2.13. The first-order chi connectivity index (χ1) is 14.4. The Hall–Kier alpha value is -3.43. The third kappa shape index (κ3) is 4.76. The molecule has 2 aromatic carbocycles. The number of esters is 1. The zero-order chi connectivity index (χ0) is 21.7. The third-order valence-corrected chi connectivity index (χ3v) is 4.43. The highest BCUT2D eigenvalue weighted by Crippen LogP contribution is 2.36. The quantitative estimate of drug-likeness (QED) is 0.282. The molecular formula is C19H15Cl2N5O4. The van der Waals surface area contributed by atoms with Crippen LogP contribution in [0.3, 0.4) is 0 Å². The summed E-state index contributed by atoms with van der Waals surface area (Å²) in [4.78, 5) is 31.3. The number of halogens is 2. The number of hydrogen-bond donors (Lipinski definition) is 2. The molecule has 0 spiro atoms. The van der Waals surface area contributed by atoms with E-state index in [1.165, 1.54) is 12.1 Å². The summed E-state index contributed by atoms with van der Waals surface area (Å²) < 4.78 is 5.03. The maximum Gasteiger partial charge on any atom is 0.353 e. The molecule has 154 valence electrons. The van der Waals surface area contributed by atoms with Crippen molar-refractivity contribution < 1.29 is 14.5 Å². The second kappa shape index (κ2) is 9.38. The van der Waals surface area contributed by atoms with Gasteiger partial charge in [0.1, 0.15) is 6.33 Å². The number of carbonyl (C=O) groups is 1. The summed E-state index contributed by atoms with van der Waals surface area (Å²) in [7, 11) is 0. The number of nitro groups is 1. The second-order valence-electron chi connectivity index (χ2n) is 5.82. The van der Waals surface area contributed by atoms with E-state index in [1.54, 1.807) is 37.3 Å². The van der Waals surface area contributed by atoms with Crippen molar-refractivity contribution in [1.29, 1.82) is 0 Å². The van der Waals surface area contributed by atoms with Crippen LogP contribution in [-0.4, -0.2) is 27.5 Å². The van der Waals surface area contributed by atoms with E-state index in [0.29, 0.717) is 21.4 Å². The summed E-state index contributed by atoms with van der Waals surface area (Å²) in [5.74, 6) is -0.788. The molecule has 0 saturated heterocycles. The van der Waals surface area contributed by atoms with Crippen LogP contribution in [0.2, 0.25) is 10.0 Å². The maximum atomic E-state index is 12.2. The molecule has 0 aliphatic heterocycles. The fourth-order valence-electron chi connectivity index (χ4n) is 2.56. The molecule has 30 heavy (non-hydrogen) atoms. The van der Waals surface area contributed by atoms with Gasteiger partial charge in [0.15, 0.2) is 0 Å². The Balaban J connectivity index is 2.02. The van der Waals surface area contributed by atoms with Crippen molar-refractivity contribution in [1.82, 2.24) is 9.97 Å². The second-order valence-corrected chi connectivity index (χ2v) is 6.66. The molecule has 1 aromatic heterocycles. The maximum absolute atomic E-state index is 12.2. The van der Waals surface area contributed by atoms with Crippen molar-refractivity contribution in [3.05, 3.63) is 74.5 Å². The van der Waals surface area contributed by atoms with Crippen LogP contribution >= 0.6 is 23.2 Å². The Morgan fingerprint density at radius 3 is 2.43 bits per heavy atom. The number of aromatic nitrogens is 2. The molecule has 0 aliphatic carbocycles. The molecule has 1 heterocycles. The fraction of sp³-hybridized carbons (Fsp3) is 0.105. The Morgan fingerprint density at radius 1 is 1.10 bits per heavy atom. The molecule has 3 rings (SSSR count). The Kier molecular flexibility index (Phi) is 6.65. The number of hydrogen-bond acceptors (Lipinski definition) is 8. The lowest BCUT2D eigenvalue weighted by atomic mass is 10.2. The predicted octanol–water partition coefficient (Wildman–Crippen LogP) is 5.36. The van der Waals surface area contributed by atoms with Crippen LogP contribution in [0.15, 0.2) is 48.8 Å². The summed E-state index contributed by atoms with van der Waals surface area (Å²) in [5.41, 5.74) is 0.403. The van der Waals surface area contributed by atoms with Gasteiger partial charge in [0.05, 0.1) is 33.5 Å². The summed E-state index contributed by atoms with van der Waals surface area (Å²) in [6, 6.07) is 11.1. The highest BCUT2D eigenvalue weighted by atomic mass is 35.5. The molecule has 0 bridgehead atoms. The van der Waals surface area contributed by atoms with Gasteiger partial charge in [0, 0.05) is 5.02 Å². The first-order valence-electron chi connectivity index (χ1n) is 8.65. The van der Waals surface area contributed by atoms with Gasteiger partial charge in [-0.25, -0.2) is 14.8 Å². The zero-order valence-corrected chi connectivity index (χ0v) is 17.1. The number of benzene rings is 2. The molecule has 0 saturated carbocycles. The number of rotatable bonds is 7. The van der Waals surface area contributed by atoms with Gasteiger partial charge in [-0.1, -0.05) is 35.3 Å². The van der Waals surface area contributed by atoms with E-state index in [-0.39, 0.29) is 23.8 Å². The van der Waals surface area contributed by atoms with Crippen LogP contribution in [0, 0.1) is 10.1 Å². The fourth-order valence-corrected chi connectivity index (χ4v) is 2.90. The Morgan fingerprint density at radius 2 is 1.77 bits per heavy atom. The van der Waals surface area contributed by atoms with E-state index < -0.39 is 16.6 Å². The van der Waals surface area contributed by atoms with Gasteiger partial charge in [-0.3, -0.25) is 10.1 Å². The zero-order valence-electron chi connectivity index (χ0n) is 15.6. The predicted molar refractivity (Wildman–Crippen MR) is 114 cm³/mol. The molecule has 0 atom stereocenters. The third-order valence-electron chi connectivity index (χ3n) is 3.86. The summed E-state index contributed by atoms with van der Waals surface area (Å²) in [5, 5.41) is 18.1. The van der Waals surface area contributed by atoms with E-state index >= 15 is 0 Å². The molecule has 0 fully saturated rings. The molecule has 0 unspecified atom stereocenters. The summed E-state index contributed by atoms with van der Waals surface area (Å²) in [6.07, 6.45) is 1.14. The first-order valence-corrected chi connectivity index (χ1v) is 9.41.